The van der Waals surface area contributed by atoms with Gasteiger partial charge in [-0.2, -0.15) is 5.10 Å². The van der Waals surface area contributed by atoms with Gasteiger partial charge in [0, 0.05) is 17.5 Å². The summed E-state index contributed by atoms with van der Waals surface area (Å²) in [6.45, 7) is 6.96. The fraction of sp³-hybridized carbons (Fsp3) is 0.462. The number of esters is 1. The molecule has 102 valence electrons. The minimum Gasteiger partial charge on any atom is -0.462 e. The molecule has 0 aliphatic rings. The van der Waals surface area contributed by atoms with Gasteiger partial charge in [-0.3, -0.25) is 4.68 Å². The Kier molecular flexibility index (Phi) is 4.31. The van der Waals surface area contributed by atoms with Gasteiger partial charge >= 0.3 is 5.97 Å². The van der Waals surface area contributed by atoms with E-state index < -0.39 is 0 Å². The molecule has 2 aromatic rings. The van der Waals surface area contributed by atoms with E-state index in [4.69, 9.17) is 4.74 Å². The van der Waals surface area contributed by atoms with E-state index in [-0.39, 0.29) is 5.97 Å². The van der Waals surface area contributed by atoms with Crippen LogP contribution in [-0.2, 0) is 11.3 Å². The van der Waals surface area contributed by atoms with Crippen molar-refractivity contribution < 1.29 is 9.53 Å². The molecule has 2 aromatic heterocycles. The highest BCUT2D eigenvalue weighted by molar-refractivity contribution is 7.09. The third-order valence-electron chi connectivity index (χ3n) is 2.53. The van der Waals surface area contributed by atoms with Gasteiger partial charge < -0.3 is 4.74 Å². The smallest absolute Gasteiger partial charge is 0.341 e. The van der Waals surface area contributed by atoms with Gasteiger partial charge in [0.25, 0.3) is 0 Å². The Bertz CT molecular complexity index is 560. The molecule has 0 atom stereocenters. The number of carbonyl (C=O) groups is 1. The number of nitrogens with zero attached hydrogens (tertiary/aromatic N) is 3. The molecule has 2 rings (SSSR count). The van der Waals surface area contributed by atoms with Crippen molar-refractivity contribution in [2.24, 2.45) is 0 Å². The summed E-state index contributed by atoms with van der Waals surface area (Å²) >= 11 is 1.65. The lowest BCUT2D eigenvalue weighted by Crippen LogP contribution is -2.04. The highest BCUT2D eigenvalue weighted by Gasteiger charge is 2.11. The summed E-state index contributed by atoms with van der Waals surface area (Å²) in [7, 11) is 0. The number of ether oxygens (including phenoxy) is 1. The molecule has 0 aliphatic carbocycles. The number of thiazole rings is 1. The first-order valence-electron chi connectivity index (χ1n) is 6.24. The molecular formula is C13H17N3O2S. The van der Waals surface area contributed by atoms with Crippen LogP contribution in [0, 0.1) is 0 Å². The quantitative estimate of drug-likeness (QED) is 0.790. The molecule has 2 heterocycles. The lowest BCUT2D eigenvalue weighted by atomic mass is 10.2. The van der Waals surface area contributed by atoms with Crippen LogP contribution in [0.25, 0.3) is 0 Å². The largest absolute Gasteiger partial charge is 0.462 e. The molecule has 0 fully saturated rings. The van der Waals surface area contributed by atoms with E-state index in [9.17, 15) is 4.79 Å². The minimum absolute atomic E-state index is 0.338. The van der Waals surface area contributed by atoms with Gasteiger partial charge in [0.15, 0.2) is 0 Å². The van der Waals surface area contributed by atoms with Gasteiger partial charge in [0.2, 0.25) is 0 Å². The van der Waals surface area contributed by atoms with Crippen LogP contribution in [0.4, 0.5) is 0 Å². The van der Waals surface area contributed by atoms with Crippen LogP contribution in [0.15, 0.2) is 17.8 Å². The van der Waals surface area contributed by atoms with E-state index in [1.165, 1.54) is 6.20 Å². The van der Waals surface area contributed by atoms with Crippen molar-refractivity contribution in [2.45, 2.75) is 33.2 Å². The summed E-state index contributed by atoms with van der Waals surface area (Å²) in [5, 5.41) is 7.30. The molecule has 0 amide bonds. The van der Waals surface area contributed by atoms with E-state index in [1.54, 1.807) is 29.1 Å². The summed E-state index contributed by atoms with van der Waals surface area (Å²) in [6.07, 6.45) is 3.21. The molecule has 0 bridgehead atoms. The maximum Gasteiger partial charge on any atom is 0.341 e. The third kappa shape index (κ3) is 3.41. The Labute approximate surface area is 116 Å². The summed E-state index contributed by atoms with van der Waals surface area (Å²) < 4.78 is 6.62. The number of aromatic nitrogens is 3. The normalized spacial score (nSPS) is 10.9. The van der Waals surface area contributed by atoms with Crippen LogP contribution < -0.4 is 0 Å². The first-order chi connectivity index (χ1) is 9.10. The van der Waals surface area contributed by atoms with Crippen molar-refractivity contribution in [1.29, 1.82) is 0 Å². The molecule has 0 spiro atoms. The van der Waals surface area contributed by atoms with E-state index in [1.807, 2.05) is 5.38 Å². The van der Waals surface area contributed by atoms with Crippen molar-refractivity contribution in [3.05, 3.63) is 34.0 Å². The molecule has 0 N–H and O–H groups in total. The number of hydrogen-bond acceptors (Lipinski definition) is 5. The maximum absolute atomic E-state index is 11.5. The summed E-state index contributed by atoms with van der Waals surface area (Å²) in [4.78, 5) is 16.1. The fourth-order valence-electron chi connectivity index (χ4n) is 1.60. The van der Waals surface area contributed by atoms with Gasteiger partial charge in [-0.25, -0.2) is 9.78 Å². The highest BCUT2D eigenvalue weighted by Crippen LogP contribution is 2.19. The molecule has 5 nitrogen and oxygen atoms in total. The molecule has 0 saturated heterocycles. The SMILES string of the molecule is CCOC(=O)c1cnn(Cc2csc(C(C)C)n2)c1. The first-order valence-corrected chi connectivity index (χ1v) is 7.12. The third-order valence-corrected chi connectivity index (χ3v) is 3.73. The van der Waals surface area contributed by atoms with E-state index in [0.717, 1.165) is 10.7 Å². The maximum atomic E-state index is 11.5. The second kappa shape index (κ2) is 5.97. The average molecular weight is 279 g/mol. The Morgan fingerprint density at radius 2 is 2.32 bits per heavy atom. The molecule has 0 saturated carbocycles. The number of hydrogen-bond donors (Lipinski definition) is 0. The molecule has 0 aromatic carbocycles. The zero-order chi connectivity index (χ0) is 13.8. The Morgan fingerprint density at radius 3 is 2.95 bits per heavy atom. The fourth-order valence-corrected chi connectivity index (χ4v) is 2.42. The summed E-state index contributed by atoms with van der Waals surface area (Å²) in [5.74, 6) is 0.0985. The zero-order valence-electron chi connectivity index (χ0n) is 11.3. The second-order valence-corrected chi connectivity index (χ2v) is 5.37. The topological polar surface area (TPSA) is 57.0 Å². The van der Waals surface area contributed by atoms with Crippen LogP contribution >= 0.6 is 11.3 Å². The van der Waals surface area contributed by atoms with Crippen LogP contribution in [-0.4, -0.2) is 27.3 Å². The van der Waals surface area contributed by atoms with Crippen molar-refractivity contribution >= 4 is 17.3 Å². The van der Waals surface area contributed by atoms with Crippen molar-refractivity contribution in [3.8, 4) is 0 Å². The van der Waals surface area contributed by atoms with Gasteiger partial charge in [-0.1, -0.05) is 13.8 Å². The van der Waals surface area contributed by atoms with Gasteiger partial charge in [-0.15, -0.1) is 11.3 Å². The zero-order valence-corrected chi connectivity index (χ0v) is 12.1. The molecule has 0 unspecified atom stereocenters. The highest BCUT2D eigenvalue weighted by atomic mass is 32.1. The van der Waals surface area contributed by atoms with Crippen LogP contribution in [0.2, 0.25) is 0 Å². The van der Waals surface area contributed by atoms with Gasteiger partial charge in [-0.05, 0) is 6.92 Å². The molecular weight excluding hydrogens is 262 g/mol. The van der Waals surface area contributed by atoms with E-state index in [2.05, 4.69) is 23.9 Å². The van der Waals surface area contributed by atoms with E-state index in [0.29, 0.717) is 24.6 Å². The standard InChI is InChI=1S/C13H17N3O2S/c1-4-18-13(17)10-5-14-16(6-10)7-11-8-19-12(15-11)9(2)3/h5-6,8-9H,4,7H2,1-3H3. The molecule has 0 radical (unpaired) electrons. The molecule has 6 heteroatoms. The number of carbonyl (C=O) groups excluding carboxylic acids is 1. The van der Waals surface area contributed by atoms with Crippen LogP contribution in [0.1, 0.15) is 47.7 Å². The number of rotatable bonds is 5. The van der Waals surface area contributed by atoms with Gasteiger partial charge in [0.1, 0.15) is 0 Å². The Hall–Kier alpha value is -1.69. The summed E-state index contributed by atoms with van der Waals surface area (Å²) in [5.41, 5.74) is 1.44. The lowest BCUT2D eigenvalue weighted by Gasteiger charge is -1.99. The predicted octanol–water partition coefficient (Wildman–Crippen LogP) is 2.69. The average Bonchev–Trinajstić information content (AvgIpc) is 2.99. The minimum atomic E-state index is -0.338. The first kappa shape index (κ1) is 13.7. The van der Waals surface area contributed by atoms with Crippen molar-refractivity contribution in [3.63, 3.8) is 0 Å². The van der Waals surface area contributed by atoms with E-state index >= 15 is 0 Å². The van der Waals surface area contributed by atoms with Crippen molar-refractivity contribution in [1.82, 2.24) is 14.8 Å². The molecule has 19 heavy (non-hydrogen) atoms. The van der Waals surface area contributed by atoms with Gasteiger partial charge in [0.05, 0.1) is 35.6 Å². The monoisotopic (exact) mass is 279 g/mol. The van der Waals surface area contributed by atoms with Crippen molar-refractivity contribution in [2.75, 3.05) is 6.61 Å². The van der Waals surface area contributed by atoms with Crippen LogP contribution in [0.5, 0.6) is 0 Å². The summed E-state index contributed by atoms with van der Waals surface area (Å²) in [6, 6.07) is 0. The predicted molar refractivity (Wildman–Crippen MR) is 73.5 cm³/mol. The van der Waals surface area contributed by atoms with Crippen LogP contribution in [0.3, 0.4) is 0 Å². The Morgan fingerprint density at radius 1 is 1.53 bits per heavy atom. The second-order valence-electron chi connectivity index (χ2n) is 4.48. The Balaban J connectivity index is 2.04. The lowest BCUT2D eigenvalue weighted by molar-refractivity contribution is 0.0526. The molecule has 0 aliphatic heterocycles.